The van der Waals surface area contributed by atoms with Crippen molar-refractivity contribution in [3.8, 4) is 0 Å². The topological polar surface area (TPSA) is 29.5 Å². The van der Waals surface area contributed by atoms with Gasteiger partial charge < -0.3 is 9.64 Å². The van der Waals surface area contributed by atoms with Gasteiger partial charge in [0.2, 0.25) is 0 Å². The highest BCUT2D eigenvalue weighted by Crippen LogP contribution is 2.02. The van der Waals surface area contributed by atoms with Gasteiger partial charge in [-0.1, -0.05) is 37.3 Å². The second-order valence-electron chi connectivity index (χ2n) is 3.33. The summed E-state index contributed by atoms with van der Waals surface area (Å²) in [6, 6.07) is 9.64. The summed E-state index contributed by atoms with van der Waals surface area (Å²) >= 11 is 0. The quantitative estimate of drug-likeness (QED) is 0.757. The van der Waals surface area contributed by atoms with Crippen LogP contribution in [0.5, 0.6) is 0 Å². The highest BCUT2D eigenvalue weighted by molar-refractivity contribution is 5.67. The molecule has 81 valence electrons. The van der Waals surface area contributed by atoms with E-state index in [1.807, 2.05) is 43.7 Å². The van der Waals surface area contributed by atoms with Crippen LogP contribution in [-0.4, -0.2) is 24.6 Å². The van der Waals surface area contributed by atoms with Gasteiger partial charge in [-0.25, -0.2) is 4.79 Å². The van der Waals surface area contributed by atoms with E-state index in [1.54, 1.807) is 7.05 Å². The minimum atomic E-state index is -0.294. The predicted octanol–water partition coefficient (Wildman–Crippen LogP) is 2.48. The predicted molar refractivity (Wildman–Crippen MR) is 59.2 cm³/mol. The molecule has 1 aromatic rings. The first-order chi connectivity index (χ1) is 7.24. The van der Waals surface area contributed by atoms with Gasteiger partial charge in [-0.3, -0.25) is 0 Å². The first-order valence-corrected chi connectivity index (χ1v) is 4.93. The molecule has 1 radical (unpaired) electrons. The first-order valence-electron chi connectivity index (χ1n) is 4.93. The SMILES string of the molecule is C[CH]CN(C)C(=O)OCc1ccccc1. The molecule has 0 saturated carbocycles. The summed E-state index contributed by atoms with van der Waals surface area (Å²) in [5.41, 5.74) is 1.000. The second kappa shape index (κ2) is 6.06. The lowest BCUT2D eigenvalue weighted by molar-refractivity contribution is 0.107. The van der Waals surface area contributed by atoms with E-state index >= 15 is 0 Å². The van der Waals surface area contributed by atoms with Crippen molar-refractivity contribution in [2.45, 2.75) is 13.5 Å². The number of carbonyl (C=O) groups is 1. The molecule has 3 heteroatoms. The second-order valence-corrected chi connectivity index (χ2v) is 3.33. The first kappa shape index (κ1) is 11.6. The van der Waals surface area contributed by atoms with E-state index in [-0.39, 0.29) is 6.09 Å². The van der Waals surface area contributed by atoms with Gasteiger partial charge in [0.15, 0.2) is 0 Å². The lowest BCUT2D eigenvalue weighted by atomic mass is 10.2. The maximum atomic E-state index is 11.4. The van der Waals surface area contributed by atoms with Crippen LogP contribution < -0.4 is 0 Å². The highest BCUT2D eigenvalue weighted by Gasteiger charge is 2.08. The number of ether oxygens (including phenoxy) is 1. The third-order valence-corrected chi connectivity index (χ3v) is 1.97. The zero-order valence-electron chi connectivity index (χ0n) is 9.14. The van der Waals surface area contributed by atoms with Gasteiger partial charge in [-0.2, -0.15) is 0 Å². The van der Waals surface area contributed by atoms with Crippen LogP contribution in [0.25, 0.3) is 0 Å². The fourth-order valence-electron chi connectivity index (χ4n) is 1.18. The average molecular weight is 206 g/mol. The fourth-order valence-corrected chi connectivity index (χ4v) is 1.18. The molecule has 1 aromatic carbocycles. The number of hydrogen-bond donors (Lipinski definition) is 0. The van der Waals surface area contributed by atoms with Gasteiger partial charge in [0.05, 0.1) is 0 Å². The largest absolute Gasteiger partial charge is 0.445 e. The Morgan fingerprint density at radius 2 is 2.07 bits per heavy atom. The summed E-state index contributed by atoms with van der Waals surface area (Å²) < 4.78 is 5.11. The summed E-state index contributed by atoms with van der Waals surface area (Å²) in [5.74, 6) is 0. The Kier molecular flexibility index (Phi) is 4.68. The number of nitrogens with zero attached hydrogens (tertiary/aromatic N) is 1. The summed E-state index contributed by atoms with van der Waals surface area (Å²) in [4.78, 5) is 12.9. The van der Waals surface area contributed by atoms with Crippen LogP contribution in [0, 0.1) is 6.42 Å². The van der Waals surface area contributed by atoms with E-state index in [9.17, 15) is 4.79 Å². The maximum Gasteiger partial charge on any atom is 0.409 e. The Labute approximate surface area is 90.7 Å². The minimum absolute atomic E-state index is 0.294. The highest BCUT2D eigenvalue weighted by atomic mass is 16.6. The molecule has 0 bridgehead atoms. The standard InChI is InChI=1S/C12H16NO2/c1-3-9-13(2)12(14)15-10-11-7-5-4-6-8-11/h3-8H,9-10H2,1-2H3. The number of carbonyl (C=O) groups excluding carboxylic acids is 1. The van der Waals surface area contributed by atoms with Crippen molar-refractivity contribution in [3.63, 3.8) is 0 Å². The Balaban J connectivity index is 2.34. The molecular formula is C12H16NO2. The van der Waals surface area contributed by atoms with E-state index < -0.39 is 0 Å². The Bertz CT molecular complexity index is 298. The number of hydrogen-bond acceptors (Lipinski definition) is 2. The van der Waals surface area contributed by atoms with Gasteiger partial charge in [0.25, 0.3) is 0 Å². The Morgan fingerprint density at radius 1 is 1.40 bits per heavy atom. The monoisotopic (exact) mass is 206 g/mol. The van der Waals surface area contributed by atoms with Gasteiger partial charge >= 0.3 is 6.09 Å². The Hall–Kier alpha value is -1.51. The summed E-state index contributed by atoms with van der Waals surface area (Å²) in [6.07, 6.45) is 1.61. The van der Waals surface area contributed by atoms with Gasteiger partial charge in [0, 0.05) is 13.6 Å². The number of benzene rings is 1. The van der Waals surface area contributed by atoms with Crippen LogP contribution in [0.3, 0.4) is 0 Å². The van der Waals surface area contributed by atoms with Gasteiger partial charge in [-0.05, 0) is 12.0 Å². The van der Waals surface area contributed by atoms with Crippen LogP contribution in [-0.2, 0) is 11.3 Å². The molecule has 15 heavy (non-hydrogen) atoms. The maximum absolute atomic E-state index is 11.4. The van der Waals surface area contributed by atoms with Crippen molar-refractivity contribution in [2.75, 3.05) is 13.6 Å². The molecule has 0 spiro atoms. The van der Waals surface area contributed by atoms with Crippen molar-refractivity contribution in [2.24, 2.45) is 0 Å². The van der Waals surface area contributed by atoms with Crippen LogP contribution >= 0.6 is 0 Å². The normalized spacial score (nSPS) is 9.73. The van der Waals surface area contributed by atoms with Crippen LogP contribution in [0.4, 0.5) is 4.79 Å². The van der Waals surface area contributed by atoms with Crippen molar-refractivity contribution in [1.82, 2.24) is 4.90 Å². The lowest BCUT2D eigenvalue weighted by Crippen LogP contribution is -2.28. The van der Waals surface area contributed by atoms with E-state index in [2.05, 4.69) is 0 Å². The average Bonchev–Trinajstić information content (AvgIpc) is 2.27. The molecule has 0 aliphatic heterocycles. The van der Waals surface area contributed by atoms with Crippen molar-refractivity contribution in [3.05, 3.63) is 42.3 Å². The van der Waals surface area contributed by atoms with Crippen molar-refractivity contribution >= 4 is 6.09 Å². The zero-order valence-corrected chi connectivity index (χ0v) is 9.14. The number of amides is 1. The molecule has 0 N–H and O–H groups in total. The molecular weight excluding hydrogens is 190 g/mol. The van der Waals surface area contributed by atoms with Crippen molar-refractivity contribution < 1.29 is 9.53 Å². The molecule has 0 atom stereocenters. The fraction of sp³-hybridized carbons (Fsp3) is 0.333. The molecule has 0 saturated heterocycles. The molecule has 0 unspecified atom stereocenters. The lowest BCUT2D eigenvalue weighted by Gasteiger charge is -2.15. The third-order valence-electron chi connectivity index (χ3n) is 1.97. The van der Waals surface area contributed by atoms with E-state index in [4.69, 9.17) is 4.74 Å². The molecule has 3 nitrogen and oxygen atoms in total. The van der Waals surface area contributed by atoms with E-state index in [0.29, 0.717) is 13.2 Å². The Morgan fingerprint density at radius 3 is 2.67 bits per heavy atom. The summed E-state index contributed by atoms with van der Waals surface area (Å²) in [6.45, 7) is 2.84. The smallest absolute Gasteiger partial charge is 0.409 e. The van der Waals surface area contributed by atoms with Crippen LogP contribution in [0.2, 0.25) is 0 Å². The van der Waals surface area contributed by atoms with Crippen molar-refractivity contribution in [1.29, 1.82) is 0 Å². The van der Waals surface area contributed by atoms with Crippen LogP contribution in [0.1, 0.15) is 12.5 Å². The molecule has 0 aliphatic rings. The third kappa shape index (κ3) is 4.02. The summed E-state index contributed by atoms with van der Waals surface area (Å²) in [7, 11) is 1.72. The van der Waals surface area contributed by atoms with E-state index in [1.165, 1.54) is 4.90 Å². The van der Waals surface area contributed by atoms with Gasteiger partial charge in [0.1, 0.15) is 6.61 Å². The molecule has 1 rings (SSSR count). The molecule has 0 aromatic heterocycles. The molecule has 0 fully saturated rings. The minimum Gasteiger partial charge on any atom is -0.445 e. The zero-order chi connectivity index (χ0) is 11.1. The molecule has 1 amide bonds. The van der Waals surface area contributed by atoms with Gasteiger partial charge in [-0.15, -0.1) is 0 Å². The number of rotatable bonds is 4. The molecule has 0 heterocycles. The summed E-state index contributed by atoms with van der Waals surface area (Å²) in [5, 5.41) is 0. The van der Waals surface area contributed by atoms with E-state index in [0.717, 1.165) is 5.56 Å². The molecule has 0 aliphatic carbocycles. The van der Waals surface area contributed by atoms with Crippen LogP contribution in [0.15, 0.2) is 30.3 Å².